The largest absolute Gasteiger partial charge is 0.464 e. The van der Waals surface area contributed by atoms with E-state index in [2.05, 4.69) is 15.3 Å². The summed E-state index contributed by atoms with van der Waals surface area (Å²) >= 11 is 0. The zero-order chi connectivity index (χ0) is 11.1. The SMILES string of the molecule is COC(=O)/C(C#N)=N/Nc1ccccc1. The van der Waals surface area contributed by atoms with Crippen LogP contribution in [0, 0.1) is 11.3 Å². The Morgan fingerprint density at radius 1 is 1.47 bits per heavy atom. The number of esters is 1. The van der Waals surface area contributed by atoms with E-state index >= 15 is 0 Å². The van der Waals surface area contributed by atoms with E-state index in [1.807, 2.05) is 18.2 Å². The Labute approximate surface area is 87.0 Å². The molecule has 0 saturated heterocycles. The Bertz CT molecular complexity index is 406. The number of benzene rings is 1. The Balaban J connectivity index is 2.72. The summed E-state index contributed by atoms with van der Waals surface area (Å²) in [4.78, 5) is 10.9. The van der Waals surface area contributed by atoms with Crippen molar-refractivity contribution in [2.75, 3.05) is 12.5 Å². The molecular weight excluding hydrogens is 194 g/mol. The first-order valence-corrected chi connectivity index (χ1v) is 4.15. The Morgan fingerprint density at radius 2 is 2.13 bits per heavy atom. The van der Waals surface area contributed by atoms with Crippen LogP contribution >= 0.6 is 0 Å². The number of ether oxygens (including phenoxy) is 1. The first-order chi connectivity index (χ1) is 7.27. The average molecular weight is 203 g/mol. The molecule has 5 heteroatoms. The molecule has 1 rings (SSSR count). The molecule has 0 aliphatic heterocycles. The molecule has 15 heavy (non-hydrogen) atoms. The summed E-state index contributed by atoms with van der Waals surface area (Å²) in [7, 11) is 1.19. The van der Waals surface area contributed by atoms with Crippen LogP contribution in [-0.2, 0) is 9.53 Å². The minimum atomic E-state index is -0.763. The Kier molecular flexibility index (Phi) is 3.86. The van der Waals surface area contributed by atoms with Gasteiger partial charge in [-0.2, -0.15) is 10.4 Å². The molecule has 5 nitrogen and oxygen atoms in total. The molecule has 0 radical (unpaired) electrons. The molecule has 1 aromatic rings. The van der Waals surface area contributed by atoms with Gasteiger partial charge in [0.2, 0.25) is 5.71 Å². The minimum Gasteiger partial charge on any atom is -0.464 e. The number of hydrogen-bond acceptors (Lipinski definition) is 5. The molecule has 0 heterocycles. The summed E-state index contributed by atoms with van der Waals surface area (Å²) in [6.07, 6.45) is 0. The second kappa shape index (κ2) is 5.40. The third kappa shape index (κ3) is 3.12. The van der Waals surface area contributed by atoms with Crippen LogP contribution in [0.25, 0.3) is 0 Å². The van der Waals surface area contributed by atoms with Crippen LogP contribution in [0.5, 0.6) is 0 Å². The van der Waals surface area contributed by atoms with E-state index in [1.54, 1.807) is 18.2 Å². The number of rotatable bonds is 3. The van der Waals surface area contributed by atoms with Gasteiger partial charge in [0.25, 0.3) is 0 Å². The number of hydrazone groups is 1. The molecule has 0 spiro atoms. The predicted molar refractivity (Wildman–Crippen MR) is 55.1 cm³/mol. The molecule has 0 aliphatic carbocycles. The van der Waals surface area contributed by atoms with Gasteiger partial charge in [0.1, 0.15) is 6.07 Å². The van der Waals surface area contributed by atoms with E-state index in [0.29, 0.717) is 5.69 Å². The number of para-hydroxylation sites is 1. The van der Waals surface area contributed by atoms with E-state index in [-0.39, 0.29) is 5.71 Å². The van der Waals surface area contributed by atoms with Gasteiger partial charge in [-0.1, -0.05) is 18.2 Å². The van der Waals surface area contributed by atoms with Gasteiger partial charge in [-0.15, -0.1) is 0 Å². The first-order valence-electron chi connectivity index (χ1n) is 4.15. The molecule has 0 bridgehead atoms. The number of nitrogens with zero attached hydrogens (tertiary/aromatic N) is 2. The van der Waals surface area contributed by atoms with Crippen LogP contribution in [-0.4, -0.2) is 18.8 Å². The van der Waals surface area contributed by atoms with Gasteiger partial charge >= 0.3 is 5.97 Å². The average Bonchev–Trinajstić information content (AvgIpc) is 2.31. The number of carbonyl (C=O) groups is 1. The summed E-state index contributed by atoms with van der Waals surface area (Å²) in [5.41, 5.74) is 2.95. The van der Waals surface area contributed by atoms with Crippen LogP contribution in [0.4, 0.5) is 5.69 Å². The minimum absolute atomic E-state index is 0.318. The maximum atomic E-state index is 10.9. The van der Waals surface area contributed by atoms with Gasteiger partial charge in [0, 0.05) is 0 Å². The molecule has 1 aromatic carbocycles. The highest BCUT2D eigenvalue weighted by molar-refractivity contribution is 6.43. The van der Waals surface area contributed by atoms with Crippen LogP contribution in [0.1, 0.15) is 0 Å². The van der Waals surface area contributed by atoms with E-state index < -0.39 is 5.97 Å². The number of methoxy groups -OCH3 is 1. The van der Waals surface area contributed by atoms with Gasteiger partial charge in [-0.25, -0.2) is 4.79 Å². The fraction of sp³-hybridized carbons (Fsp3) is 0.100. The normalized spacial score (nSPS) is 10.3. The zero-order valence-electron chi connectivity index (χ0n) is 8.10. The van der Waals surface area contributed by atoms with E-state index in [4.69, 9.17) is 5.26 Å². The molecular formula is C10H9N3O2. The van der Waals surface area contributed by atoms with Gasteiger partial charge in [0.15, 0.2) is 0 Å². The monoisotopic (exact) mass is 203 g/mol. The second-order valence-corrected chi connectivity index (χ2v) is 2.54. The molecule has 0 saturated carbocycles. The fourth-order valence-electron chi connectivity index (χ4n) is 0.846. The third-order valence-electron chi connectivity index (χ3n) is 1.56. The molecule has 76 valence electrons. The van der Waals surface area contributed by atoms with E-state index in [1.165, 1.54) is 7.11 Å². The summed E-state index contributed by atoms with van der Waals surface area (Å²) in [6, 6.07) is 10.6. The molecule has 0 amide bonds. The van der Waals surface area contributed by atoms with Crippen LogP contribution < -0.4 is 5.43 Å². The van der Waals surface area contributed by atoms with Crippen molar-refractivity contribution in [2.24, 2.45) is 5.10 Å². The smallest absolute Gasteiger partial charge is 0.369 e. The quantitative estimate of drug-likeness (QED) is 0.454. The summed E-state index contributed by atoms with van der Waals surface area (Å²) < 4.78 is 4.36. The van der Waals surface area contributed by atoms with E-state index in [0.717, 1.165) is 0 Å². The molecule has 0 aromatic heterocycles. The van der Waals surface area contributed by atoms with Gasteiger partial charge in [0.05, 0.1) is 12.8 Å². The Morgan fingerprint density at radius 3 is 2.67 bits per heavy atom. The van der Waals surface area contributed by atoms with Gasteiger partial charge < -0.3 is 4.74 Å². The lowest BCUT2D eigenvalue weighted by atomic mass is 10.3. The van der Waals surface area contributed by atoms with Crippen LogP contribution in [0.15, 0.2) is 35.4 Å². The zero-order valence-corrected chi connectivity index (χ0v) is 8.10. The van der Waals surface area contributed by atoms with Crippen molar-refractivity contribution >= 4 is 17.4 Å². The van der Waals surface area contributed by atoms with E-state index in [9.17, 15) is 4.79 Å². The van der Waals surface area contributed by atoms with Crippen molar-refractivity contribution in [2.45, 2.75) is 0 Å². The summed E-state index contributed by atoms with van der Waals surface area (Å²) in [5, 5.41) is 12.2. The Hall–Kier alpha value is -2.35. The lowest BCUT2D eigenvalue weighted by Gasteiger charge is -1.99. The number of nitrogens with one attached hydrogen (secondary N) is 1. The maximum absolute atomic E-state index is 10.9. The van der Waals surface area contributed by atoms with Crippen molar-refractivity contribution in [3.05, 3.63) is 30.3 Å². The highest BCUT2D eigenvalue weighted by Gasteiger charge is 2.09. The predicted octanol–water partition coefficient (Wildman–Crippen LogP) is 1.15. The molecule has 0 aliphatic rings. The second-order valence-electron chi connectivity index (χ2n) is 2.54. The standard InChI is InChI=1S/C10H9N3O2/c1-15-10(14)9(7-11)13-12-8-5-3-2-4-6-8/h2-6,12H,1H3/b13-9+. The number of hydrogen-bond donors (Lipinski definition) is 1. The maximum Gasteiger partial charge on any atom is 0.369 e. The fourth-order valence-corrected chi connectivity index (χ4v) is 0.846. The summed E-state index contributed by atoms with van der Waals surface area (Å²) in [5.74, 6) is -0.763. The van der Waals surface area contributed by atoms with Crippen LogP contribution in [0.3, 0.4) is 0 Å². The molecule has 0 atom stereocenters. The number of nitriles is 1. The first kappa shape index (κ1) is 10.7. The van der Waals surface area contributed by atoms with Crippen molar-refractivity contribution in [1.82, 2.24) is 0 Å². The lowest BCUT2D eigenvalue weighted by Crippen LogP contribution is -2.15. The highest BCUT2D eigenvalue weighted by atomic mass is 16.5. The lowest BCUT2D eigenvalue weighted by molar-refractivity contribution is -0.132. The van der Waals surface area contributed by atoms with Crippen LogP contribution in [0.2, 0.25) is 0 Å². The van der Waals surface area contributed by atoms with Crippen molar-refractivity contribution in [3.63, 3.8) is 0 Å². The molecule has 0 unspecified atom stereocenters. The summed E-state index contributed by atoms with van der Waals surface area (Å²) in [6.45, 7) is 0. The molecule has 0 fully saturated rings. The van der Waals surface area contributed by atoms with Gasteiger partial charge in [-0.05, 0) is 12.1 Å². The number of carbonyl (C=O) groups excluding carboxylic acids is 1. The van der Waals surface area contributed by atoms with Crippen molar-refractivity contribution in [3.8, 4) is 6.07 Å². The van der Waals surface area contributed by atoms with Gasteiger partial charge in [-0.3, -0.25) is 5.43 Å². The van der Waals surface area contributed by atoms with Crippen molar-refractivity contribution < 1.29 is 9.53 Å². The highest BCUT2D eigenvalue weighted by Crippen LogP contribution is 2.04. The molecule has 1 N–H and O–H groups in total. The van der Waals surface area contributed by atoms with Crippen molar-refractivity contribution in [1.29, 1.82) is 5.26 Å². The number of anilines is 1. The topological polar surface area (TPSA) is 74.5 Å². The third-order valence-corrected chi connectivity index (χ3v) is 1.56.